The number of aliphatic hydroxyl groups is 1. The molecule has 0 saturated carbocycles. The van der Waals surface area contributed by atoms with Crippen LogP contribution in [0, 0.1) is 0 Å². The van der Waals surface area contributed by atoms with E-state index in [0.717, 1.165) is 22.6 Å². The van der Waals surface area contributed by atoms with Gasteiger partial charge >= 0.3 is 0 Å². The first kappa shape index (κ1) is 13.5. The molecular formula is C16H21NO3. The zero-order valence-electron chi connectivity index (χ0n) is 12.4. The minimum Gasteiger partial charge on any atom is -0.496 e. The third-order valence-electron chi connectivity index (χ3n) is 4.16. The molecule has 0 bridgehead atoms. The molecule has 2 unspecified atom stereocenters. The maximum absolute atomic E-state index is 10.2. The van der Waals surface area contributed by atoms with Crippen LogP contribution in [-0.4, -0.2) is 37.2 Å². The molecule has 3 rings (SSSR count). The van der Waals surface area contributed by atoms with Crippen LogP contribution in [0.2, 0.25) is 0 Å². The fraction of sp³-hybridized carbons (Fsp3) is 0.500. The number of ether oxygens (including phenoxy) is 2. The Kier molecular flexibility index (Phi) is 3.03. The van der Waals surface area contributed by atoms with E-state index in [2.05, 4.69) is 17.0 Å². The van der Waals surface area contributed by atoms with E-state index in [0.29, 0.717) is 6.42 Å². The van der Waals surface area contributed by atoms with Crippen LogP contribution in [0.4, 0.5) is 5.69 Å². The molecule has 2 atom stereocenters. The first-order valence-electron chi connectivity index (χ1n) is 6.90. The van der Waals surface area contributed by atoms with Crippen molar-refractivity contribution in [3.8, 4) is 0 Å². The van der Waals surface area contributed by atoms with Crippen molar-refractivity contribution in [1.29, 1.82) is 0 Å². The van der Waals surface area contributed by atoms with E-state index in [1.165, 1.54) is 0 Å². The van der Waals surface area contributed by atoms with Crippen molar-refractivity contribution >= 4 is 11.4 Å². The Morgan fingerprint density at radius 2 is 2.05 bits per heavy atom. The second kappa shape index (κ2) is 4.50. The van der Waals surface area contributed by atoms with Gasteiger partial charge in [0.05, 0.1) is 18.8 Å². The Balaban J connectivity index is 2.08. The van der Waals surface area contributed by atoms with Gasteiger partial charge in [0.25, 0.3) is 0 Å². The summed E-state index contributed by atoms with van der Waals surface area (Å²) in [6, 6.07) is 8.14. The second-order valence-corrected chi connectivity index (χ2v) is 6.02. The number of nitrogens with zero attached hydrogens (tertiary/aromatic N) is 1. The van der Waals surface area contributed by atoms with E-state index in [9.17, 15) is 5.11 Å². The maximum atomic E-state index is 10.2. The minimum absolute atomic E-state index is 0.156. The average Bonchev–Trinajstić information content (AvgIpc) is 2.85. The van der Waals surface area contributed by atoms with Gasteiger partial charge in [0, 0.05) is 30.3 Å². The van der Waals surface area contributed by atoms with E-state index >= 15 is 0 Å². The lowest BCUT2D eigenvalue weighted by molar-refractivity contribution is -0.0807. The van der Waals surface area contributed by atoms with E-state index in [-0.39, 0.29) is 12.3 Å². The lowest BCUT2D eigenvalue weighted by Crippen LogP contribution is -2.40. The first-order chi connectivity index (χ1) is 9.43. The number of fused-ring (bicyclic) bond motifs is 2. The SMILES string of the molecule is COC1=C2CC(C(C)(C)O)OC2N(C)c2ccccc21. The highest BCUT2D eigenvalue weighted by Crippen LogP contribution is 2.45. The smallest absolute Gasteiger partial charge is 0.156 e. The van der Waals surface area contributed by atoms with Gasteiger partial charge < -0.3 is 19.5 Å². The highest BCUT2D eigenvalue weighted by molar-refractivity contribution is 5.80. The Bertz CT molecular complexity index is 559. The standard InChI is InChI=1S/C16H21NO3/c1-16(2,18)13-9-11-14(19-4)10-7-5-6-8-12(10)17(3)15(11)20-13/h5-8,13,15,18H,9H2,1-4H3. The second-order valence-electron chi connectivity index (χ2n) is 6.02. The van der Waals surface area contributed by atoms with Crippen LogP contribution in [0.15, 0.2) is 29.8 Å². The molecule has 0 spiro atoms. The van der Waals surface area contributed by atoms with Gasteiger partial charge in [0.15, 0.2) is 6.23 Å². The number of anilines is 1. The van der Waals surface area contributed by atoms with Crippen molar-refractivity contribution in [2.45, 2.75) is 38.2 Å². The molecule has 20 heavy (non-hydrogen) atoms. The van der Waals surface area contributed by atoms with Gasteiger partial charge in [0.1, 0.15) is 5.76 Å². The molecule has 108 valence electrons. The monoisotopic (exact) mass is 275 g/mol. The lowest BCUT2D eigenvalue weighted by Gasteiger charge is -2.35. The summed E-state index contributed by atoms with van der Waals surface area (Å²) in [5.74, 6) is 0.885. The molecule has 1 aromatic carbocycles. The summed E-state index contributed by atoms with van der Waals surface area (Å²) in [5.41, 5.74) is 2.43. The van der Waals surface area contributed by atoms with Crippen molar-refractivity contribution in [2.75, 3.05) is 19.1 Å². The van der Waals surface area contributed by atoms with Gasteiger partial charge in [-0.25, -0.2) is 0 Å². The molecule has 2 heterocycles. The first-order valence-corrected chi connectivity index (χ1v) is 6.90. The third kappa shape index (κ3) is 1.91. The summed E-state index contributed by atoms with van der Waals surface area (Å²) >= 11 is 0. The van der Waals surface area contributed by atoms with Crippen LogP contribution >= 0.6 is 0 Å². The number of likely N-dealkylation sites (N-methyl/N-ethyl adjacent to an activating group) is 1. The number of hydrogen-bond acceptors (Lipinski definition) is 4. The van der Waals surface area contributed by atoms with Crippen LogP contribution < -0.4 is 4.90 Å². The van der Waals surface area contributed by atoms with Gasteiger partial charge in [-0.1, -0.05) is 12.1 Å². The average molecular weight is 275 g/mol. The predicted octanol–water partition coefficient (Wildman–Crippen LogP) is 2.38. The quantitative estimate of drug-likeness (QED) is 0.900. The molecule has 1 fully saturated rings. The van der Waals surface area contributed by atoms with Crippen LogP contribution in [0.1, 0.15) is 25.8 Å². The molecule has 4 nitrogen and oxygen atoms in total. The summed E-state index contributed by atoms with van der Waals surface area (Å²) in [4.78, 5) is 2.11. The summed E-state index contributed by atoms with van der Waals surface area (Å²) in [6.07, 6.45) is 0.316. The molecule has 2 aliphatic heterocycles. The fourth-order valence-corrected chi connectivity index (χ4v) is 3.05. The van der Waals surface area contributed by atoms with Crippen molar-refractivity contribution in [3.05, 3.63) is 35.4 Å². The van der Waals surface area contributed by atoms with E-state index in [4.69, 9.17) is 9.47 Å². The number of para-hydroxylation sites is 1. The molecule has 0 radical (unpaired) electrons. The third-order valence-corrected chi connectivity index (χ3v) is 4.16. The molecule has 4 heteroatoms. The summed E-state index contributed by atoms with van der Waals surface area (Å²) < 4.78 is 11.7. The maximum Gasteiger partial charge on any atom is 0.156 e. The van der Waals surface area contributed by atoms with Crippen LogP contribution in [0.3, 0.4) is 0 Å². The van der Waals surface area contributed by atoms with E-state index in [1.807, 2.05) is 19.2 Å². The van der Waals surface area contributed by atoms with Gasteiger partial charge in [-0.05, 0) is 26.0 Å². The molecule has 0 aromatic heterocycles. The summed E-state index contributed by atoms with van der Waals surface area (Å²) in [6.45, 7) is 3.57. The lowest BCUT2D eigenvalue weighted by atomic mass is 9.93. The van der Waals surface area contributed by atoms with E-state index in [1.54, 1.807) is 21.0 Å². The Morgan fingerprint density at radius 1 is 1.35 bits per heavy atom. The topological polar surface area (TPSA) is 41.9 Å². The molecular weight excluding hydrogens is 254 g/mol. The zero-order valence-corrected chi connectivity index (χ0v) is 12.4. The number of benzene rings is 1. The molecule has 2 aliphatic rings. The van der Waals surface area contributed by atoms with Crippen molar-refractivity contribution in [1.82, 2.24) is 0 Å². The summed E-state index contributed by atoms with van der Waals surface area (Å²) in [5, 5.41) is 10.2. The number of hydrogen-bond donors (Lipinski definition) is 1. The van der Waals surface area contributed by atoms with Crippen LogP contribution in [0.25, 0.3) is 5.76 Å². The molecule has 1 aromatic rings. The fourth-order valence-electron chi connectivity index (χ4n) is 3.05. The van der Waals surface area contributed by atoms with Crippen LogP contribution in [0.5, 0.6) is 0 Å². The van der Waals surface area contributed by atoms with Gasteiger partial charge in [-0.2, -0.15) is 0 Å². The molecule has 0 aliphatic carbocycles. The van der Waals surface area contributed by atoms with Crippen LogP contribution in [-0.2, 0) is 9.47 Å². The largest absolute Gasteiger partial charge is 0.496 e. The summed E-state index contributed by atoms with van der Waals surface area (Å²) in [7, 11) is 3.71. The van der Waals surface area contributed by atoms with Crippen molar-refractivity contribution < 1.29 is 14.6 Å². The molecule has 1 N–H and O–H groups in total. The molecule has 0 amide bonds. The van der Waals surface area contributed by atoms with E-state index < -0.39 is 5.60 Å². The normalized spacial score (nSPS) is 25.6. The Labute approximate surface area is 119 Å². The Hall–Kier alpha value is -1.52. The minimum atomic E-state index is -0.865. The predicted molar refractivity (Wildman–Crippen MR) is 78.3 cm³/mol. The Morgan fingerprint density at radius 3 is 2.70 bits per heavy atom. The van der Waals surface area contributed by atoms with Gasteiger partial charge in [-0.15, -0.1) is 0 Å². The van der Waals surface area contributed by atoms with Crippen molar-refractivity contribution in [2.24, 2.45) is 0 Å². The molecule has 1 saturated heterocycles. The van der Waals surface area contributed by atoms with Gasteiger partial charge in [-0.3, -0.25) is 0 Å². The number of methoxy groups -OCH3 is 1. The number of rotatable bonds is 2. The van der Waals surface area contributed by atoms with Crippen molar-refractivity contribution in [3.63, 3.8) is 0 Å². The highest BCUT2D eigenvalue weighted by Gasteiger charge is 2.45. The van der Waals surface area contributed by atoms with Gasteiger partial charge in [0.2, 0.25) is 0 Å². The highest BCUT2D eigenvalue weighted by atomic mass is 16.5. The zero-order chi connectivity index (χ0) is 14.5.